The zero-order valence-electron chi connectivity index (χ0n) is 3.10. The van der Waals surface area contributed by atoms with Crippen molar-refractivity contribution in [1.82, 2.24) is 0 Å². The van der Waals surface area contributed by atoms with Crippen LogP contribution in [0.25, 0.3) is 0 Å². The molecule has 1 N–H and O–H groups in total. The van der Waals surface area contributed by atoms with Gasteiger partial charge in [0.2, 0.25) is 0 Å². The van der Waals surface area contributed by atoms with Gasteiger partial charge in [0.25, 0.3) is 0 Å². The molecule has 0 spiro atoms. The summed E-state index contributed by atoms with van der Waals surface area (Å²) in [6.45, 7) is 6.68. The van der Waals surface area contributed by atoms with Crippen molar-refractivity contribution in [2.45, 2.75) is 6.92 Å². The fourth-order valence-electron chi connectivity index (χ4n) is 0. The molecule has 0 radical (unpaired) electrons. The molecule has 0 saturated carbocycles. The minimum atomic E-state index is 0.250. The lowest BCUT2D eigenvalue weighted by molar-refractivity contribution is 0.318. The molecule has 0 atom stereocenters. The Hall–Kier alpha value is -0.550. The van der Waals surface area contributed by atoms with Crippen LogP contribution in [0.3, 0.4) is 0 Å². The van der Waals surface area contributed by atoms with Crippen LogP contribution in [-0.2, 0) is 0 Å². The van der Waals surface area contributed by atoms with Gasteiger partial charge in [-0.25, -0.2) is 0 Å². The Morgan fingerprint density at radius 3 is 1.80 bits per heavy atom. The van der Waals surface area contributed by atoms with Gasteiger partial charge in [0.05, 0.1) is 0 Å². The predicted molar refractivity (Wildman–Crippen MR) is 17.7 cm³/mol. The summed E-state index contributed by atoms with van der Waals surface area (Å²) in [6, 6.07) is 0. The van der Waals surface area contributed by atoms with Crippen molar-refractivity contribution in [2.24, 2.45) is 0 Å². The zero-order chi connectivity index (χ0) is 4.71. The van der Waals surface area contributed by atoms with Gasteiger partial charge in [-0.2, -0.15) is 0 Å². The average Bonchev–Trinajstić information content (AvgIpc) is 1.46. The highest BCUT2D eigenvalue weighted by Gasteiger charge is 1.34. The Morgan fingerprint density at radius 1 is 1.80 bits per heavy atom. The summed E-state index contributed by atoms with van der Waals surface area (Å²) in [6.07, 6.45) is 0. The van der Waals surface area contributed by atoms with Gasteiger partial charge in [0.1, 0.15) is 0 Å². The molecule has 5 heavy (non-hydrogen) atoms. The van der Waals surface area contributed by atoms with Crippen molar-refractivity contribution in [3.05, 3.63) is 6.57 Å². The topological polar surface area (TPSA) is 44.0 Å². The quantitative estimate of drug-likeness (QED) is 0.412. The van der Waals surface area contributed by atoms with E-state index in [4.69, 9.17) is 16.9 Å². The SMILES string of the molecule is CCO.[C-]#N. The van der Waals surface area contributed by atoms with E-state index < -0.39 is 0 Å². The van der Waals surface area contributed by atoms with Crippen LogP contribution < -0.4 is 0 Å². The Bertz CT molecular complexity index is 18.1. The summed E-state index contributed by atoms with van der Waals surface area (Å²) in [5, 5.41) is 13.8. The summed E-state index contributed by atoms with van der Waals surface area (Å²) in [7, 11) is 0. The number of hydrogen-bond donors (Lipinski definition) is 1. The Labute approximate surface area is 31.7 Å². The molecule has 0 aliphatic carbocycles. The molecule has 0 aromatic rings. The van der Waals surface area contributed by atoms with Crippen LogP contribution in [0.15, 0.2) is 0 Å². The Kier molecular flexibility index (Phi) is 180. The van der Waals surface area contributed by atoms with E-state index in [0.717, 1.165) is 0 Å². The molecule has 0 aliphatic rings. The molecule has 2 nitrogen and oxygen atoms in total. The first kappa shape index (κ1) is 8.82. The largest absolute Gasteiger partial charge is 0.512 e. The van der Waals surface area contributed by atoms with Crippen LogP contribution in [0.5, 0.6) is 0 Å². The van der Waals surface area contributed by atoms with Crippen LogP contribution in [0.1, 0.15) is 6.92 Å². The van der Waals surface area contributed by atoms with Crippen molar-refractivity contribution >= 4 is 0 Å². The highest BCUT2D eigenvalue weighted by atomic mass is 16.2. The summed E-state index contributed by atoms with van der Waals surface area (Å²) < 4.78 is 0. The van der Waals surface area contributed by atoms with Gasteiger partial charge in [-0.05, 0) is 6.92 Å². The van der Waals surface area contributed by atoms with Gasteiger partial charge < -0.3 is 16.9 Å². The van der Waals surface area contributed by atoms with Crippen LogP contribution in [0.4, 0.5) is 0 Å². The van der Waals surface area contributed by atoms with E-state index >= 15 is 0 Å². The number of rotatable bonds is 0. The molecule has 0 rings (SSSR count). The van der Waals surface area contributed by atoms with Crippen molar-refractivity contribution in [3.8, 4) is 0 Å². The second-order valence-corrected chi connectivity index (χ2v) is 0.316. The van der Waals surface area contributed by atoms with Crippen molar-refractivity contribution < 1.29 is 5.11 Å². The van der Waals surface area contributed by atoms with Crippen LogP contribution in [0, 0.1) is 11.8 Å². The van der Waals surface area contributed by atoms with Gasteiger partial charge in [0, 0.05) is 6.61 Å². The number of hydrogen-bond acceptors (Lipinski definition) is 2. The van der Waals surface area contributed by atoms with E-state index in [-0.39, 0.29) is 6.61 Å². The van der Waals surface area contributed by atoms with E-state index in [1.165, 1.54) is 0 Å². The normalized spacial score (nSPS) is 4.00. The first-order valence-corrected chi connectivity index (χ1v) is 1.25. The standard InChI is InChI=1S/C2H6O.CN/c1-2-3;1-2/h3H,2H2,1H3;/q;-1. The maximum atomic E-state index is 7.57. The van der Waals surface area contributed by atoms with Crippen LogP contribution in [-0.4, -0.2) is 11.7 Å². The molecule has 0 fully saturated rings. The van der Waals surface area contributed by atoms with Gasteiger partial charge in [-0.15, -0.1) is 0 Å². The average molecular weight is 72.1 g/mol. The molecular weight excluding hydrogens is 66.0 g/mol. The highest BCUT2D eigenvalue weighted by Crippen LogP contribution is 1.30. The first-order chi connectivity index (χ1) is 2.41. The molecule has 0 unspecified atom stereocenters. The molecule has 30 valence electrons. The maximum absolute atomic E-state index is 7.57. The summed E-state index contributed by atoms with van der Waals surface area (Å²) in [5.41, 5.74) is 0. The van der Waals surface area contributed by atoms with E-state index in [1.54, 1.807) is 6.92 Å². The molecule has 0 aromatic carbocycles. The van der Waals surface area contributed by atoms with Crippen molar-refractivity contribution in [3.63, 3.8) is 0 Å². The van der Waals surface area contributed by atoms with Gasteiger partial charge in [-0.3, -0.25) is 0 Å². The minimum absolute atomic E-state index is 0.250. The third-order valence-corrected chi connectivity index (χ3v) is 0. The lowest BCUT2D eigenvalue weighted by Gasteiger charge is -1.52. The monoisotopic (exact) mass is 72.0 g/mol. The van der Waals surface area contributed by atoms with Gasteiger partial charge in [-0.1, -0.05) is 0 Å². The lowest BCUT2D eigenvalue weighted by Crippen LogP contribution is -1.57. The number of aliphatic hydroxyl groups excluding tert-OH is 1. The van der Waals surface area contributed by atoms with E-state index in [0.29, 0.717) is 0 Å². The smallest absolute Gasteiger partial charge is 0.0402 e. The van der Waals surface area contributed by atoms with Crippen LogP contribution in [0.2, 0.25) is 0 Å². The third kappa shape index (κ3) is 24.0. The van der Waals surface area contributed by atoms with E-state index in [2.05, 4.69) is 0 Å². The fraction of sp³-hybridized carbons (Fsp3) is 0.667. The molecule has 0 saturated heterocycles. The summed E-state index contributed by atoms with van der Waals surface area (Å²) in [5.74, 6) is 0. The minimum Gasteiger partial charge on any atom is -0.512 e. The highest BCUT2D eigenvalue weighted by molar-refractivity contribution is 3.84. The molecule has 2 heteroatoms. The maximum Gasteiger partial charge on any atom is 0.0402 e. The second kappa shape index (κ2) is 102. The van der Waals surface area contributed by atoms with E-state index in [9.17, 15) is 0 Å². The second-order valence-electron chi connectivity index (χ2n) is 0.316. The molecule has 0 aromatic heterocycles. The molecule has 0 aliphatic heterocycles. The summed E-state index contributed by atoms with van der Waals surface area (Å²) in [4.78, 5) is 0. The Balaban J connectivity index is 0. The third-order valence-electron chi connectivity index (χ3n) is 0. The van der Waals surface area contributed by atoms with Gasteiger partial charge >= 0.3 is 0 Å². The Morgan fingerprint density at radius 2 is 1.80 bits per heavy atom. The molecule has 0 amide bonds. The van der Waals surface area contributed by atoms with Gasteiger partial charge in [0.15, 0.2) is 0 Å². The molecule has 0 bridgehead atoms. The number of aliphatic hydroxyl groups is 1. The van der Waals surface area contributed by atoms with Crippen molar-refractivity contribution in [1.29, 1.82) is 5.26 Å². The first-order valence-electron chi connectivity index (χ1n) is 1.25. The molecular formula is C3H6NO-. The van der Waals surface area contributed by atoms with Crippen molar-refractivity contribution in [2.75, 3.05) is 6.61 Å². The predicted octanol–water partition coefficient (Wildman–Crippen LogP) is 0.0950. The molecule has 0 heterocycles. The number of nitrogens with zero attached hydrogens (tertiary/aromatic N) is 1. The van der Waals surface area contributed by atoms with E-state index in [1.807, 2.05) is 0 Å². The zero-order valence-corrected chi connectivity index (χ0v) is 3.10. The van der Waals surface area contributed by atoms with Crippen LogP contribution >= 0.6 is 0 Å². The summed E-state index contributed by atoms with van der Waals surface area (Å²) >= 11 is 0. The lowest BCUT2D eigenvalue weighted by atomic mass is 10.9. The fourth-order valence-corrected chi connectivity index (χ4v) is 0.